The van der Waals surface area contributed by atoms with Crippen LogP contribution in [0.3, 0.4) is 0 Å². The average molecular weight is 476 g/mol. The second-order valence-corrected chi connectivity index (χ2v) is 9.54. The van der Waals surface area contributed by atoms with Crippen molar-refractivity contribution in [2.45, 2.75) is 37.9 Å². The van der Waals surface area contributed by atoms with Crippen molar-refractivity contribution in [1.29, 1.82) is 0 Å². The predicted molar refractivity (Wildman–Crippen MR) is 136 cm³/mol. The molecule has 0 atom stereocenters. The van der Waals surface area contributed by atoms with Crippen LogP contribution in [0.25, 0.3) is 16.7 Å². The molecule has 176 valence electrons. The minimum absolute atomic E-state index is 0.0959. The lowest BCUT2D eigenvalue weighted by Gasteiger charge is -2.28. The Hall–Kier alpha value is -3.33. The van der Waals surface area contributed by atoms with Crippen molar-refractivity contribution in [2.24, 2.45) is 0 Å². The number of benzene rings is 1. The fraction of sp³-hybridized carbons (Fsp3) is 0.360. The maximum atomic E-state index is 12.7. The lowest BCUT2D eigenvalue weighted by atomic mass is 10.1. The summed E-state index contributed by atoms with van der Waals surface area (Å²) in [5.74, 6) is 1.80. The van der Waals surface area contributed by atoms with Crippen LogP contribution in [-0.2, 0) is 6.54 Å². The molecule has 1 aliphatic rings. The van der Waals surface area contributed by atoms with E-state index in [0.29, 0.717) is 18.7 Å². The van der Waals surface area contributed by atoms with Crippen LogP contribution in [0.2, 0.25) is 0 Å². The fourth-order valence-electron chi connectivity index (χ4n) is 4.29. The van der Waals surface area contributed by atoms with Crippen LogP contribution in [0.5, 0.6) is 0 Å². The number of hydrogen-bond acceptors (Lipinski definition) is 6. The highest BCUT2D eigenvalue weighted by Crippen LogP contribution is 2.29. The van der Waals surface area contributed by atoms with Gasteiger partial charge in [0.25, 0.3) is 5.91 Å². The standard InChI is InChI=1S/C25H29N7OS/c1-2-34-25-28-22(31-15-4-3-5-16-31)21-18-27-32(23(21)29-25)17-12-26-24(33)19-8-10-20(11-9-19)30-13-6-7-14-30/h6-11,13-14,18H,2-5,12,15-17H2,1H3,(H,26,33). The Kier molecular flexibility index (Phi) is 6.80. The van der Waals surface area contributed by atoms with Gasteiger partial charge in [0.05, 0.1) is 18.1 Å². The molecule has 34 heavy (non-hydrogen) atoms. The molecule has 8 nitrogen and oxygen atoms in total. The topological polar surface area (TPSA) is 80.9 Å². The highest BCUT2D eigenvalue weighted by molar-refractivity contribution is 7.99. The number of carbonyl (C=O) groups excluding carboxylic acids is 1. The van der Waals surface area contributed by atoms with Gasteiger partial charge in [0.15, 0.2) is 10.8 Å². The molecule has 0 saturated carbocycles. The molecule has 0 bridgehead atoms. The van der Waals surface area contributed by atoms with E-state index in [9.17, 15) is 4.79 Å². The fourth-order valence-corrected chi connectivity index (χ4v) is 4.85. The summed E-state index contributed by atoms with van der Waals surface area (Å²) in [6, 6.07) is 11.5. The number of carbonyl (C=O) groups is 1. The summed E-state index contributed by atoms with van der Waals surface area (Å²) in [7, 11) is 0. The Morgan fingerprint density at radius 1 is 1.06 bits per heavy atom. The summed E-state index contributed by atoms with van der Waals surface area (Å²) in [5.41, 5.74) is 2.49. The second kappa shape index (κ2) is 10.3. The molecular formula is C25H29N7OS. The molecule has 1 fully saturated rings. The summed E-state index contributed by atoms with van der Waals surface area (Å²) in [4.78, 5) is 24.6. The number of anilines is 1. The number of fused-ring (bicyclic) bond motifs is 1. The molecule has 1 aliphatic heterocycles. The van der Waals surface area contributed by atoms with Crippen LogP contribution in [-0.4, -0.2) is 55.6 Å². The Bertz CT molecular complexity index is 1240. The van der Waals surface area contributed by atoms with Gasteiger partial charge in [0.2, 0.25) is 0 Å². The summed E-state index contributed by atoms with van der Waals surface area (Å²) < 4.78 is 3.88. The normalized spacial score (nSPS) is 14.0. The largest absolute Gasteiger partial charge is 0.356 e. The first-order chi connectivity index (χ1) is 16.7. The summed E-state index contributed by atoms with van der Waals surface area (Å²) in [6.07, 6.45) is 9.47. The van der Waals surface area contributed by atoms with Crippen molar-refractivity contribution in [1.82, 2.24) is 29.6 Å². The quantitative estimate of drug-likeness (QED) is 0.305. The minimum Gasteiger partial charge on any atom is -0.356 e. The van der Waals surface area contributed by atoms with Gasteiger partial charge in [0, 0.05) is 43.3 Å². The third kappa shape index (κ3) is 4.79. The smallest absolute Gasteiger partial charge is 0.251 e. The van der Waals surface area contributed by atoms with E-state index in [1.807, 2.05) is 64.2 Å². The van der Waals surface area contributed by atoms with E-state index in [-0.39, 0.29) is 5.91 Å². The zero-order valence-corrected chi connectivity index (χ0v) is 20.2. The summed E-state index contributed by atoms with van der Waals surface area (Å²) in [6.45, 7) is 5.16. The first-order valence-corrected chi connectivity index (χ1v) is 12.8. The highest BCUT2D eigenvalue weighted by Gasteiger charge is 2.20. The van der Waals surface area contributed by atoms with Gasteiger partial charge in [-0.15, -0.1) is 0 Å². The van der Waals surface area contributed by atoms with Crippen molar-refractivity contribution < 1.29 is 4.79 Å². The van der Waals surface area contributed by atoms with Gasteiger partial charge in [0.1, 0.15) is 5.82 Å². The number of thioether (sulfide) groups is 1. The molecule has 4 heterocycles. The van der Waals surface area contributed by atoms with E-state index in [2.05, 4.69) is 22.2 Å². The van der Waals surface area contributed by atoms with Crippen molar-refractivity contribution in [3.63, 3.8) is 0 Å². The number of rotatable bonds is 8. The van der Waals surface area contributed by atoms with E-state index in [1.165, 1.54) is 19.3 Å². The lowest BCUT2D eigenvalue weighted by Crippen LogP contribution is -2.30. The van der Waals surface area contributed by atoms with Crippen LogP contribution in [0.4, 0.5) is 5.82 Å². The van der Waals surface area contributed by atoms with E-state index < -0.39 is 0 Å². The number of nitrogens with zero attached hydrogens (tertiary/aromatic N) is 6. The van der Waals surface area contributed by atoms with Crippen LogP contribution in [0.15, 0.2) is 60.1 Å². The van der Waals surface area contributed by atoms with Gasteiger partial charge in [-0.2, -0.15) is 5.10 Å². The van der Waals surface area contributed by atoms with Crippen LogP contribution < -0.4 is 10.2 Å². The van der Waals surface area contributed by atoms with Crippen molar-refractivity contribution in [2.75, 3.05) is 30.3 Å². The Morgan fingerprint density at radius 3 is 2.56 bits per heavy atom. The van der Waals surface area contributed by atoms with Gasteiger partial charge < -0.3 is 14.8 Å². The maximum Gasteiger partial charge on any atom is 0.251 e. The Morgan fingerprint density at radius 2 is 1.82 bits per heavy atom. The van der Waals surface area contributed by atoms with Gasteiger partial charge in [-0.1, -0.05) is 18.7 Å². The van der Waals surface area contributed by atoms with E-state index in [0.717, 1.165) is 46.5 Å². The molecule has 1 aromatic carbocycles. The molecule has 0 unspecified atom stereocenters. The van der Waals surface area contributed by atoms with Crippen molar-refractivity contribution in [3.8, 4) is 5.69 Å². The molecule has 3 aromatic heterocycles. The van der Waals surface area contributed by atoms with E-state index >= 15 is 0 Å². The van der Waals surface area contributed by atoms with E-state index in [4.69, 9.17) is 9.97 Å². The van der Waals surface area contributed by atoms with Gasteiger partial charge >= 0.3 is 0 Å². The molecule has 1 saturated heterocycles. The van der Waals surface area contributed by atoms with Crippen LogP contribution >= 0.6 is 11.8 Å². The average Bonchev–Trinajstić information content (AvgIpc) is 3.55. The first kappa shape index (κ1) is 22.5. The van der Waals surface area contributed by atoms with Crippen molar-refractivity contribution >= 4 is 34.5 Å². The zero-order chi connectivity index (χ0) is 23.3. The van der Waals surface area contributed by atoms with Crippen LogP contribution in [0.1, 0.15) is 36.5 Å². The van der Waals surface area contributed by atoms with Crippen molar-refractivity contribution in [3.05, 3.63) is 60.6 Å². The zero-order valence-electron chi connectivity index (χ0n) is 19.4. The highest BCUT2D eigenvalue weighted by atomic mass is 32.2. The van der Waals surface area contributed by atoms with Crippen LogP contribution in [0, 0.1) is 0 Å². The van der Waals surface area contributed by atoms with Gasteiger partial charge in [-0.05, 0) is 61.4 Å². The number of piperidine rings is 1. The predicted octanol–water partition coefficient (Wildman–Crippen LogP) is 4.15. The molecule has 0 spiro atoms. The maximum absolute atomic E-state index is 12.7. The second-order valence-electron chi connectivity index (χ2n) is 8.31. The SMILES string of the molecule is CCSc1nc(N2CCCCC2)c2cnn(CCNC(=O)c3ccc(-n4cccc4)cc3)c2n1. The number of aromatic nitrogens is 5. The molecular weight excluding hydrogens is 446 g/mol. The molecule has 9 heteroatoms. The monoisotopic (exact) mass is 475 g/mol. The molecule has 0 radical (unpaired) electrons. The van der Waals surface area contributed by atoms with Gasteiger partial charge in [-0.25, -0.2) is 14.6 Å². The summed E-state index contributed by atoms with van der Waals surface area (Å²) in [5, 5.41) is 9.36. The molecule has 4 aromatic rings. The third-order valence-electron chi connectivity index (χ3n) is 6.03. The Balaban J connectivity index is 1.28. The number of nitrogens with one attached hydrogen (secondary N) is 1. The van der Waals surface area contributed by atoms with Gasteiger partial charge in [-0.3, -0.25) is 4.79 Å². The molecule has 5 rings (SSSR count). The van der Waals surface area contributed by atoms with E-state index in [1.54, 1.807) is 11.8 Å². The first-order valence-electron chi connectivity index (χ1n) is 11.9. The minimum atomic E-state index is -0.0959. The summed E-state index contributed by atoms with van der Waals surface area (Å²) >= 11 is 1.65. The molecule has 1 N–H and O–H groups in total. The number of amides is 1. The molecule has 1 amide bonds. The molecule has 0 aliphatic carbocycles. The third-order valence-corrected chi connectivity index (χ3v) is 6.76. The lowest BCUT2D eigenvalue weighted by molar-refractivity contribution is 0.0952. The Labute approximate surface area is 203 Å². The number of hydrogen-bond donors (Lipinski definition) is 1.